The monoisotopic (exact) mass is 330 g/mol. The maximum Gasteiger partial charge on any atom is 0.409 e. The molecule has 1 aliphatic rings. The summed E-state index contributed by atoms with van der Waals surface area (Å²) in [6.45, 7) is 1.35. The van der Waals surface area contributed by atoms with Crippen molar-refractivity contribution in [2.45, 2.75) is 17.7 Å². The minimum atomic E-state index is -3.71. The fourth-order valence-corrected chi connectivity index (χ4v) is 3.54. The molecule has 1 heterocycles. The number of benzene rings is 1. The van der Waals surface area contributed by atoms with Gasteiger partial charge >= 0.3 is 6.09 Å². The van der Waals surface area contributed by atoms with Gasteiger partial charge in [0.2, 0.25) is 10.0 Å². The third-order valence-corrected chi connectivity index (χ3v) is 5.14. The van der Waals surface area contributed by atoms with Gasteiger partial charge in [0.1, 0.15) is 5.82 Å². The molecule has 0 unspecified atom stereocenters. The molecule has 6 nitrogen and oxygen atoms in total. The van der Waals surface area contributed by atoms with Crippen molar-refractivity contribution in [2.75, 3.05) is 26.7 Å². The summed E-state index contributed by atoms with van der Waals surface area (Å²) in [5.41, 5.74) is 0. The van der Waals surface area contributed by atoms with Crippen LogP contribution in [0, 0.1) is 11.7 Å². The van der Waals surface area contributed by atoms with Crippen LogP contribution in [0.2, 0.25) is 0 Å². The van der Waals surface area contributed by atoms with E-state index in [0.717, 1.165) is 6.07 Å². The van der Waals surface area contributed by atoms with Crippen LogP contribution in [0.5, 0.6) is 0 Å². The van der Waals surface area contributed by atoms with E-state index < -0.39 is 15.8 Å². The highest BCUT2D eigenvalue weighted by Crippen LogP contribution is 2.18. The Hall–Kier alpha value is -1.67. The van der Waals surface area contributed by atoms with Crippen molar-refractivity contribution >= 4 is 16.1 Å². The van der Waals surface area contributed by atoms with Crippen molar-refractivity contribution < 1.29 is 22.3 Å². The number of ether oxygens (including phenoxy) is 1. The second kappa shape index (κ2) is 7.06. The van der Waals surface area contributed by atoms with Gasteiger partial charge in [0, 0.05) is 19.6 Å². The van der Waals surface area contributed by atoms with Gasteiger partial charge in [0.25, 0.3) is 0 Å². The number of likely N-dealkylation sites (tertiary alicyclic amines) is 1. The van der Waals surface area contributed by atoms with Crippen LogP contribution >= 0.6 is 0 Å². The number of rotatable bonds is 4. The zero-order valence-corrected chi connectivity index (χ0v) is 13.1. The average Bonchev–Trinajstić information content (AvgIpc) is 2.53. The van der Waals surface area contributed by atoms with E-state index in [2.05, 4.69) is 9.46 Å². The van der Waals surface area contributed by atoms with Gasteiger partial charge in [-0.25, -0.2) is 22.3 Å². The molecule has 22 heavy (non-hydrogen) atoms. The van der Waals surface area contributed by atoms with Gasteiger partial charge in [-0.15, -0.1) is 0 Å². The van der Waals surface area contributed by atoms with Crippen molar-refractivity contribution in [3.63, 3.8) is 0 Å². The van der Waals surface area contributed by atoms with Crippen LogP contribution in [0.15, 0.2) is 29.2 Å². The highest BCUT2D eigenvalue weighted by atomic mass is 32.2. The third-order valence-electron chi connectivity index (χ3n) is 3.72. The Kier molecular flexibility index (Phi) is 5.36. The number of halogens is 1. The minimum Gasteiger partial charge on any atom is -0.453 e. The smallest absolute Gasteiger partial charge is 0.409 e. The molecule has 0 aliphatic carbocycles. The minimum absolute atomic E-state index is 0.0838. The van der Waals surface area contributed by atoms with Gasteiger partial charge in [0.05, 0.1) is 12.0 Å². The Labute approximate surface area is 129 Å². The number of methoxy groups -OCH3 is 1. The lowest BCUT2D eigenvalue weighted by Crippen LogP contribution is -2.41. The molecular formula is C14H19FN2O4S. The Morgan fingerprint density at radius 1 is 1.41 bits per heavy atom. The normalized spacial score (nSPS) is 16.5. The highest BCUT2D eigenvalue weighted by Gasteiger charge is 2.24. The molecule has 0 radical (unpaired) electrons. The summed E-state index contributed by atoms with van der Waals surface area (Å²) in [6, 6.07) is 4.90. The average molecular weight is 330 g/mol. The van der Waals surface area contributed by atoms with Gasteiger partial charge in [-0.1, -0.05) is 6.07 Å². The first-order valence-corrected chi connectivity index (χ1v) is 8.49. The van der Waals surface area contributed by atoms with E-state index >= 15 is 0 Å². The van der Waals surface area contributed by atoms with Gasteiger partial charge in [-0.2, -0.15) is 0 Å². The van der Waals surface area contributed by atoms with E-state index in [9.17, 15) is 17.6 Å². The number of carbonyl (C=O) groups excluding carboxylic acids is 1. The van der Waals surface area contributed by atoms with Crippen LogP contribution in [0.4, 0.5) is 9.18 Å². The molecule has 0 atom stereocenters. The summed E-state index contributed by atoms with van der Waals surface area (Å²) in [6.07, 6.45) is 1.03. The van der Waals surface area contributed by atoms with E-state index in [-0.39, 0.29) is 23.5 Å². The summed E-state index contributed by atoms with van der Waals surface area (Å²) in [5.74, 6) is -0.446. The Morgan fingerprint density at radius 3 is 2.68 bits per heavy atom. The fraction of sp³-hybridized carbons (Fsp3) is 0.500. The molecule has 1 saturated heterocycles. The molecular weight excluding hydrogens is 311 g/mol. The van der Waals surface area contributed by atoms with Crippen molar-refractivity contribution in [1.82, 2.24) is 9.62 Å². The van der Waals surface area contributed by atoms with Crippen molar-refractivity contribution in [2.24, 2.45) is 5.92 Å². The summed E-state index contributed by atoms with van der Waals surface area (Å²) < 4.78 is 44.4. The standard InChI is InChI=1S/C14H19FN2O4S/c1-21-14(18)17-7-5-11(6-8-17)10-16-22(19,20)13-4-2-3-12(15)9-13/h2-4,9,11,16H,5-8,10H2,1H3. The largest absolute Gasteiger partial charge is 0.453 e. The first-order valence-electron chi connectivity index (χ1n) is 7.00. The molecule has 122 valence electrons. The lowest BCUT2D eigenvalue weighted by atomic mass is 9.97. The predicted octanol–water partition coefficient (Wildman–Crippen LogP) is 1.58. The molecule has 1 N–H and O–H groups in total. The highest BCUT2D eigenvalue weighted by molar-refractivity contribution is 7.89. The van der Waals surface area contributed by atoms with Crippen LogP contribution in [0.25, 0.3) is 0 Å². The van der Waals surface area contributed by atoms with Crippen LogP contribution in [-0.4, -0.2) is 46.2 Å². The number of amides is 1. The number of carbonyl (C=O) groups is 1. The SMILES string of the molecule is COC(=O)N1CCC(CNS(=O)(=O)c2cccc(F)c2)CC1. The molecule has 1 aliphatic heterocycles. The zero-order valence-electron chi connectivity index (χ0n) is 12.3. The number of nitrogens with zero attached hydrogens (tertiary/aromatic N) is 1. The Balaban J connectivity index is 1.87. The molecule has 0 bridgehead atoms. The van der Waals surface area contributed by atoms with Crippen LogP contribution in [-0.2, 0) is 14.8 Å². The summed E-state index contributed by atoms with van der Waals surface area (Å²) in [5, 5.41) is 0. The lowest BCUT2D eigenvalue weighted by molar-refractivity contribution is 0.106. The molecule has 0 saturated carbocycles. The lowest BCUT2D eigenvalue weighted by Gasteiger charge is -2.30. The van der Waals surface area contributed by atoms with E-state index in [4.69, 9.17) is 0 Å². The van der Waals surface area contributed by atoms with Crippen molar-refractivity contribution in [3.8, 4) is 0 Å². The zero-order chi connectivity index (χ0) is 16.2. The van der Waals surface area contributed by atoms with E-state index in [0.29, 0.717) is 25.9 Å². The third kappa shape index (κ3) is 4.17. The summed E-state index contributed by atoms with van der Waals surface area (Å²) in [7, 11) is -2.38. The number of hydrogen-bond acceptors (Lipinski definition) is 4. The summed E-state index contributed by atoms with van der Waals surface area (Å²) >= 11 is 0. The Morgan fingerprint density at radius 2 is 2.09 bits per heavy atom. The number of nitrogens with one attached hydrogen (secondary N) is 1. The Bertz CT molecular complexity index is 627. The second-order valence-electron chi connectivity index (χ2n) is 5.21. The van der Waals surface area contributed by atoms with E-state index in [1.165, 1.54) is 25.3 Å². The molecule has 0 spiro atoms. The predicted molar refractivity (Wildman–Crippen MR) is 78.3 cm³/mol. The van der Waals surface area contributed by atoms with Gasteiger partial charge in [-0.3, -0.25) is 0 Å². The second-order valence-corrected chi connectivity index (χ2v) is 6.98. The molecule has 2 rings (SSSR count). The fourth-order valence-electron chi connectivity index (χ4n) is 2.39. The summed E-state index contributed by atoms with van der Waals surface area (Å²) in [4.78, 5) is 12.9. The number of piperidine rings is 1. The number of sulfonamides is 1. The number of hydrogen-bond donors (Lipinski definition) is 1. The molecule has 1 aromatic carbocycles. The molecule has 8 heteroatoms. The van der Waals surface area contributed by atoms with Crippen molar-refractivity contribution in [1.29, 1.82) is 0 Å². The topological polar surface area (TPSA) is 75.7 Å². The van der Waals surface area contributed by atoms with Gasteiger partial charge in [-0.05, 0) is 37.0 Å². The molecule has 1 fully saturated rings. The van der Waals surface area contributed by atoms with E-state index in [1.807, 2.05) is 0 Å². The maximum atomic E-state index is 13.1. The first kappa shape index (κ1) is 16.7. The van der Waals surface area contributed by atoms with Crippen LogP contribution in [0.1, 0.15) is 12.8 Å². The van der Waals surface area contributed by atoms with Crippen LogP contribution in [0.3, 0.4) is 0 Å². The maximum absolute atomic E-state index is 13.1. The van der Waals surface area contributed by atoms with Crippen LogP contribution < -0.4 is 4.72 Å². The first-order chi connectivity index (χ1) is 10.4. The van der Waals surface area contributed by atoms with Gasteiger partial charge in [0.15, 0.2) is 0 Å². The quantitative estimate of drug-likeness (QED) is 0.909. The molecule has 1 amide bonds. The molecule has 1 aromatic rings. The van der Waals surface area contributed by atoms with E-state index in [1.54, 1.807) is 4.90 Å². The van der Waals surface area contributed by atoms with Crippen molar-refractivity contribution in [3.05, 3.63) is 30.1 Å². The van der Waals surface area contributed by atoms with Gasteiger partial charge < -0.3 is 9.64 Å². The molecule has 0 aromatic heterocycles.